The molecule has 0 radical (unpaired) electrons. The molecule has 4 nitrogen and oxygen atoms in total. The second-order valence-corrected chi connectivity index (χ2v) is 3.46. The number of hydrogen-bond donors (Lipinski definition) is 0. The smallest absolute Gasteiger partial charge is 0.256 e. The average molecular weight is 181 g/mol. The molecule has 4 heteroatoms. The molecule has 0 aromatic rings. The van der Waals surface area contributed by atoms with E-state index in [1.54, 1.807) is 6.92 Å². The molecule has 70 valence electrons. The number of rotatable bonds is 2. The average Bonchev–Trinajstić information content (AvgIpc) is 2.70. The van der Waals surface area contributed by atoms with Crippen LogP contribution in [-0.4, -0.2) is 35.5 Å². The van der Waals surface area contributed by atoms with E-state index in [9.17, 15) is 9.59 Å². The molecule has 2 amide bonds. The standard InChI is InChI=1S/C9H11NO3/c1-5-3-8(11)10(9(5)12)4-7-6(2)13-7/h3,6-7H,4H2,1-2H3. The van der Waals surface area contributed by atoms with Gasteiger partial charge in [0.15, 0.2) is 0 Å². The van der Waals surface area contributed by atoms with Crippen LogP contribution in [0.4, 0.5) is 0 Å². The molecule has 0 saturated carbocycles. The molecular weight excluding hydrogens is 170 g/mol. The van der Waals surface area contributed by atoms with E-state index in [2.05, 4.69) is 0 Å². The van der Waals surface area contributed by atoms with Crippen LogP contribution in [0.15, 0.2) is 11.6 Å². The lowest BCUT2D eigenvalue weighted by atomic mass is 10.3. The van der Waals surface area contributed by atoms with Crippen molar-refractivity contribution in [3.63, 3.8) is 0 Å². The van der Waals surface area contributed by atoms with Gasteiger partial charge in [0.05, 0.1) is 12.6 Å². The SMILES string of the molecule is CC1=CC(=O)N(CC2OC2C)C1=O. The van der Waals surface area contributed by atoms with Gasteiger partial charge in [0.25, 0.3) is 11.8 Å². The Kier molecular flexibility index (Phi) is 1.73. The summed E-state index contributed by atoms with van der Waals surface area (Å²) < 4.78 is 5.14. The summed E-state index contributed by atoms with van der Waals surface area (Å²) in [5.74, 6) is -0.405. The lowest BCUT2D eigenvalue weighted by Crippen LogP contribution is -2.34. The Morgan fingerprint density at radius 2 is 2.15 bits per heavy atom. The minimum atomic E-state index is -0.217. The molecule has 2 aliphatic rings. The first-order valence-corrected chi connectivity index (χ1v) is 4.29. The first-order chi connectivity index (χ1) is 6.09. The van der Waals surface area contributed by atoms with Crippen molar-refractivity contribution in [2.45, 2.75) is 26.1 Å². The zero-order chi connectivity index (χ0) is 9.59. The van der Waals surface area contributed by atoms with E-state index in [-0.39, 0.29) is 24.0 Å². The van der Waals surface area contributed by atoms with Crippen molar-refractivity contribution in [3.05, 3.63) is 11.6 Å². The third-order valence-corrected chi connectivity index (χ3v) is 2.39. The third kappa shape index (κ3) is 1.37. The largest absolute Gasteiger partial charge is 0.368 e. The molecule has 2 heterocycles. The number of amides is 2. The summed E-state index contributed by atoms with van der Waals surface area (Å²) in [4.78, 5) is 23.8. The van der Waals surface area contributed by atoms with Crippen molar-refractivity contribution < 1.29 is 14.3 Å². The van der Waals surface area contributed by atoms with Gasteiger partial charge < -0.3 is 4.74 Å². The minimum absolute atomic E-state index is 0.0483. The quantitative estimate of drug-likeness (QED) is 0.448. The summed E-state index contributed by atoms with van der Waals surface area (Å²) in [5.41, 5.74) is 0.512. The van der Waals surface area contributed by atoms with Gasteiger partial charge in [-0.25, -0.2) is 0 Å². The maximum absolute atomic E-state index is 11.4. The first kappa shape index (κ1) is 8.44. The van der Waals surface area contributed by atoms with Crippen molar-refractivity contribution in [1.82, 2.24) is 4.90 Å². The molecule has 2 atom stereocenters. The molecular formula is C9H11NO3. The van der Waals surface area contributed by atoms with Crippen molar-refractivity contribution in [2.75, 3.05) is 6.54 Å². The lowest BCUT2D eigenvalue weighted by molar-refractivity contribution is -0.137. The van der Waals surface area contributed by atoms with Crippen molar-refractivity contribution in [1.29, 1.82) is 0 Å². The predicted molar refractivity (Wildman–Crippen MR) is 44.8 cm³/mol. The van der Waals surface area contributed by atoms with Gasteiger partial charge in [0.1, 0.15) is 6.10 Å². The minimum Gasteiger partial charge on any atom is -0.368 e. The summed E-state index contributed by atoms with van der Waals surface area (Å²) >= 11 is 0. The van der Waals surface area contributed by atoms with E-state index in [1.165, 1.54) is 11.0 Å². The van der Waals surface area contributed by atoms with Gasteiger partial charge in [-0.3, -0.25) is 14.5 Å². The molecule has 2 unspecified atom stereocenters. The molecule has 0 spiro atoms. The summed E-state index contributed by atoms with van der Waals surface area (Å²) in [7, 11) is 0. The van der Waals surface area contributed by atoms with Crippen LogP contribution in [0.25, 0.3) is 0 Å². The van der Waals surface area contributed by atoms with Crippen molar-refractivity contribution in [2.24, 2.45) is 0 Å². The zero-order valence-corrected chi connectivity index (χ0v) is 7.61. The topological polar surface area (TPSA) is 49.9 Å². The molecule has 0 aromatic heterocycles. The zero-order valence-electron chi connectivity index (χ0n) is 7.61. The van der Waals surface area contributed by atoms with E-state index in [4.69, 9.17) is 4.74 Å². The van der Waals surface area contributed by atoms with Crippen LogP contribution >= 0.6 is 0 Å². The monoisotopic (exact) mass is 181 g/mol. The molecule has 1 fully saturated rings. The normalized spacial score (nSPS) is 32.5. The summed E-state index contributed by atoms with van der Waals surface area (Å²) in [5, 5.41) is 0. The highest BCUT2D eigenvalue weighted by atomic mass is 16.6. The Morgan fingerprint density at radius 3 is 2.54 bits per heavy atom. The van der Waals surface area contributed by atoms with E-state index >= 15 is 0 Å². The molecule has 0 aromatic carbocycles. The maximum Gasteiger partial charge on any atom is 0.256 e. The van der Waals surface area contributed by atoms with E-state index < -0.39 is 0 Å². The molecule has 0 aliphatic carbocycles. The molecule has 1 saturated heterocycles. The van der Waals surface area contributed by atoms with Gasteiger partial charge in [0.2, 0.25) is 0 Å². The summed E-state index contributed by atoms with van der Waals surface area (Å²) in [6.45, 7) is 3.97. The highest BCUT2D eigenvalue weighted by Crippen LogP contribution is 2.24. The number of carbonyl (C=O) groups is 2. The number of hydrogen-bond acceptors (Lipinski definition) is 3. The first-order valence-electron chi connectivity index (χ1n) is 4.29. The summed E-state index contributed by atoms with van der Waals surface area (Å²) in [6.07, 6.45) is 1.60. The number of nitrogens with zero attached hydrogens (tertiary/aromatic N) is 1. The Morgan fingerprint density at radius 1 is 1.54 bits per heavy atom. The molecule has 2 aliphatic heterocycles. The Balaban J connectivity index is 2.01. The lowest BCUT2D eigenvalue weighted by Gasteiger charge is -2.11. The van der Waals surface area contributed by atoms with Crippen LogP contribution in [0.5, 0.6) is 0 Å². The van der Waals surface area contributed by atoms with Gasteiger partial charge in [0, 0.05) is 11.6 Å². The molecule has 13 heavy (non-hydrogen) atoms. The Labute approximate surface area is 76.2 Å². The maximum atomic E-state index is 11.4. The van der Waals surface area contributed by atoms with Crippen LogP contribution in [0.3, 0.4) is 0 Å². The fourth-order valence-corrected chi connectivity index (χ4v) is 1.41. The number of epoxide rings is 1. The number of imide groups is 1. The van der Waals surface area contributed by atoms with Gasteiger partial charge in [-0.05, 0) is 13.8 Å². The van der Waals surface area contributed by atoms with Crippen LogP contribution < -0.4 is 0 Å². The van der Waals surface area contributed by atoms with Gasteiger partial charge >= 0.3 is 0 Å². The third-order valence-electron chi connectivity index (χ3n) is 2.39. The Bertz CT molecular complexity index is 308. The van der Waals surface area contributed by atoms with Crippen molar-refractivity contribution in [3.8, 4) is 0 Å². The molecule has 2 rings (SSSR count). The fraction of sp³-hybridized carbons (Fsp3) is 0.556. The number of ether oxygens (including phenoxy) is 1. The highest BCUT2D eigenvalue weighted by molar-refractivity contribution is 6.15. The Hall–Kier alpha value is -1.16. The van der Waals surface area contributed by atoms with Gasteiger partial charge in [-0.2, -0.15) is 0 Å². The van der Waals surface area contributed by atoms with Gasteiger partial charge in [-0.15, -0.1) is 0 Å². The second-order valence-electron chi connectivity index (χ2n) is 3.46. The van der Waals surface area contributed by atoms with Crippen molar-refractivity contribution >= 4 is 11.8 Å². The van der Waals surface area contributed by atoms with Gasteiger partial charge in [-0.1, -0.05) is 0 Å². The second kappa shape index (κ2) is 2.67. The molecule has 0 N–H and O–H groups in total. The van der Waals surface area contributed by atoms with Crippen LogP contribution in [0, 0.1) is 0 Å². The van der Waals surface area contributed by atoms with Crippen LogP contribution in [0.1, 0.15) is 13.8 Å². The summed E-state index contributed by atoms with van der Waals surface area (Å²) in [6, 6.07) is 0. The highest BCUT2D eigenvalue weighted by Gasteiger charge is 2.40. The molecule has 0 bridgehead atoms. The van der Waals surface area contributed by atoms with Crippen LogP contribution in [0.2, 0.25) is 0 Å². The van der Waals surface area contributed by atoms with E-state index in [0.717, 1.165) is 0 Å². The number of carbonyl (C=O) groups excluding carboxylic acids is 2. The van der Waals surface area contributed by atoms with E-state index in [1.807, 2.05) is 6.92 Å². The van der Waals surface area contributed by atoms with Crippen LogP contribution in [-0.2, 0) is 14.3 Å². The fourth-order valence-electron chi connectivity index (χ4n) is 1.41. The van der Waals surface area contributed by atoms with E-state index in [0.29, 0.717) is 12.1 Å². The predicted octanol–water partition coefficient (Wildman–Crippen LogP) is 0.0888.